The summed E-state index contributed by atoms with van der Waals surface area (Å²) in [5, 5.41) is 7.28. The smallest absolute Gasteiger partial charge is 0.245 e. The molecule has 9 heteroatoms. The van der Waals surface area contributed by atoms with Crippen molar-refractivity contribution in [3.8, 4) is 0 Å². The van der Waals surface area contributed by atoms with Crippen LogP contribution in [0.3, 0.4) is 0 Å². The van der Waals surface area contributed by atoms with Gasteiger partial charge in [0.2, 0.25) is 9.70 Å². The Morgan fingerprint density at radius 2 is 1.84 bits per heavy atom. The maximum absolute atomic E-state index is 12.4. The van der Waals surface area contributed by atoms with Gasteiger partial charge in [0.05, 0.1) is 11.2 Å². The molecular weight excluding hydrogens is 475 g/mol. The summed E-state index contributed by atoms with van der Waals surface area (Å²) in [6.07, 6.45) is 5.48. The number of hydrogen-bond acceptors (Lipinski definition) is 4. The molecule has 1 heterocycles. The van der Waals surface area contributed by atoms with Gasteiger partial charge >= 0.3 is 0 Å². The summed E-state index contributed by atoms with van der Waals surface area (Å²) in [5.41, 5.74) is 2.41. The molecule has 0 saturated carbocycles. The van der Waals surface area contributed by atoms with E-state index in [1.165, 1.54) is 17.8 Å². The summed E-state index contributed by atoms with van der Waals surface area (Å²) in [6, 6.07) is 19.0. The Balaban J connectivity index is 1.80. The molecule has 1 aromatic heterocycles. The van der Waals surface area contributed by atoms with Crippen LogP contribution in [0.5, 0.6) is 0 Å². The van der Waals surface area contributed by atoms with Crippen LogP contribution in [0.25, 0.3) is 17.0 Å². The number of benzene rings is 2. The van der Waals surface area contributed by atoms with E-state index in [4.69, 9.17) is 34.8 Å². The largest absolute Gasteiger partial charge is 0.333 e. The highest BCUT2D eigenvalue weighted by molar-refractivity contribution is 8.13. The highest BCUT2D eigenvalue weighted by Gasteiger charge is 2.34. The molecule has 2 aromatic carbocycles. The van der Waals surface area contributed by atoms with Gasteiger partial charge in [-0.2, -0.15) is 0 Å². The Morgan fingerprint density at radius 3 is 2.55 bits per heavy atom. The predicted octanol–water partition coefficient (Wildman–Crippen LogP) is 5.89. The number of thioether (sulfide) groups is 1. The van der Waals surface area contributed by atoms with Gasteiger partial charge in [-0.25, -0.2) is 4.99 Å². The number of rotatable bonds is 5. The molecule has 3 aromatic rings. The first-order valence-corrected chi connectivity index (χ1v) is 11.6. The molecule has 3 rings (SSSR count). The van der Waals surface area contributed by atoms with Crippen LogP contribution in [-0.4, -0.2) is 32.3 Å². The average molecular weight is 494 g/mol. The van der Waals surface area contributed by atoms with E-state index in [1.54, 1.807) is 12.3 Å². The van der Waals surface area contributed by atoms with Gasteiger partial charge in [0.1, 0.15) is 0 Å². The van der Waals surface area contributed by atoms with E-state index in [2.05, 4.69) is 20.6 Å². The molecule has 0 fully saturated rings. The number of para-hydroxylation sites is 1. The lowest BCUT2D eigenvalue weighted by molar-refractivity contribution is -0.117. The van der Waals surface area contributed by atoms with Crippen molar-refractivity contribution in [3.05, 3.63) is 78.5 Å². The van der Waals surface area contributed by atoms with Crippen LogP contribution in [0, 0.1) is 0 Å². The summed E-state index contributed by atoms with van der Waals surface area (Å²) in [7, 11) is 0. The van der Waals surface area contributed by atoms with Crippen molar-refractivity contribution in [2.45, 2.75) is 9.96 Å². The number of fused-ring (bicyclic) bond motifs is 1. The van der Waals surface area contributed by atoms with Gasteiger partial charge in [-0.15, -0.1) is 0 Å². The molecular formula is C22H19Cl3N4OS. The molecule has 2 N–H and O–H groups in total. The fraction of sp³-hybridized carbons (Fsp3) is 0.136. The van der Waals surface area contributed by atoms with E-state index in [9.17, 15) is 4.79 Å². The number of halogens is 3. The number of carbonyl (C=O) groups excluding carboxylic acids is 1. The van der Waals surface area contributed by atoms with Gasteiger partial charge in [-0.3, -0.25) is 9.78 Å². The van der Waals surface area contributed by atoms with Crippen molar-refractivity contribution in [2.75, 3.05) is 11.6 Å². The second-order valence-corrected chi connectivity index (χ2v) is 9.50. The minimum atomic E-state index is -1.85. The zero-order valence-corrected chi connectivity index (χ0v) is 19.5. The fourth-order valence-corrected chi connectivity index (χ4v) is 3.41. The topological polar surface area (TPSA) is 66.4 Å². The maximum atomic E-state index is 12.4. The summed E-state index contributed by atoms with van der Waals surface area (Å²) >= 11 is 19.6. The summed E-state index contributed by atoms with van der Waals surface area (Å²) in [5.74, 6) is -0.434. The van der Waals surface area contributed by atoms with Crippen molar-refractivity contribution in [2.24, 2.45) is 4.99 Å². The Bertz CT molecular complexity index is 1100. The average Bonchev–Trinajstić information content (AvgIpc) is 2.77. The Hall–Kier alpha value is -2.25. The van der Waals surface area contributed by atoms with Crippen LogP contribution in [0.15, 0.2) is 77.9 Å². The van der Waals surface area contributed by atoms with Crippen molar-refractivity contribution in [1.29, 1.82) is 0 Å². The van der Waals surface area contributed by atoms with Gasteiger partial charge < -0.3 is 10.6 Å². The minimum absolute atomic E-state index is 0.434. The molecule has 5 nitrogen and oxygen atoms in total. The summed E-state index contributed by atoms with van der Waals surface area (Å²) in [6.45, 7) is 0. The number of aromatic nitrogens is 1. The van der Waals surface area contributed by atoms with E-state index in [1.807, 2.05) is 66.9 Å². The molecule has 0 aliphatic heterocycles. The molecule has 0 aliphatic carbocycles. The molecule has 1 unspecified atom stereocenters. The Kier molecular flexibility index (Phi) is 8.21. The molecule has 0 radical (unpaired) electrons. The molecule has 0 aliphatic rings. The van der Waals surface area contributed by atoms with Gasteiger partial charge in [0, 0.05) is 17.7 Å². The van der Waals surface area contributed by atoms with Crippen LogP contribution in [0.4, 0.5) is 5.69 Å². The lowest BCUT2D eigenvalue weighted by Crippen LogP contribution is -2.42. The van der Waals surface area contributed by atoms with Gasteiger partial charge in [0.25, 0.3) is 0 Å². The van der Waals surface area contributed by atoms with Crippen LogP contribution < -0.4 is 10.6 Å². The highest BCUT2D eigenvalue weighted by Crippen LogP contribution is 2.32. The lowest BCUT2D eigenvalue weighted by atomic mass is 10.2. The van der Waals surface area contributed by atoms with E-state index in [0.717, 1.165) is 22.2 Å². The summed E-state index contributed by atoms with van der Waals surface area (Å²) < 4.78 is -1.85. The quantitative estimate of drug-likeness (QED) is 0.201. The van der Waals surface area contributed by atoms with Gasteiger partial charge in [-0.1, -0.05) is 95.1 Å². The number of amides is 1. The zero-order valence-electron chi connectivity index (χ0n) is 16.4. The van der Waals surface area contributed by atoms with E-state index in [0.29, 0.717) is 5.17 Å². The molecule has 0 saturated heterocycles. The van der Waals surface area contributed by atoms with Crippen LogP contribution in [-0.2, 0) is 4.79 Å². The first-order valence-electron chi connectivity index (χ1n) is 9.20. The number of aliphatic imine (C=N–C) groups is 1. The van der Waals surface area contributed by atoms with Crippen molar-refractivity contribution >= 4 is 80.3 Å². The van der Waals surface area contributed by atoms with Crippen LogP contribution in [0.1, 0.15) is 5.56 Å². The third kappa shape index (κ3) is 6.87. The number of carbonyl (C=O) groups is 1. The van der Waals surface area contributed by atoms with Crippen molar-refractivity contribution in [3.63, 3.8) is 0 Å². The monoisotopic (exact) mass is 492 g/mol. The first-order chi connectivity index (χ1) is 14.9. The second kappa shape index (κ2) is 10.9. The molecule has 0 spiro atoms. The fourth-order valence-electron chi connectivity index (χ4n) is 2.68. The maximum Gasteiger partial charge on any atom is 0.245 e. The zero-order chi connectivity index (χ0) is 22.3. The van der Waals surface area contributed by atoms with E-state index in [-0.39, 0.29) is 0 Å². The predicted molar refractivity (Wildman–Crippen MR) is 134 cm³/mol. The first kappa shape index (κ1) is 23.4. The van der Waals surface area contributed by atoms with Crippen molar-refractivity contribution < 1.29 is 4.79 Å². The third-order valence-corrected chi connectivity index (χ3v) is 5.34. The SMILES string of the molecule is CSC(=NC(NC(=O)/C=C/c1ccccc1)C(Cl)(Cl)Cl)Nc1cccc2cccnc12. The summed E-state index contributed by atoms with van der Waals surface area (Å²) in [4.78, 5) is 21.3. The van der Waals surface area contributed by atoms with E-state index < -0.39 is 15.9 Å². The lowest BCUT2D eigenvalue weighted by Gasteiger charge is -2.22. The molecule has 0 bridgehead atoms. The Labute approximate surface area is 199 Å². The third-order valence-electron chi connectivity index (χ3n) is 4.13. The number of alkyl halides is 3. The van der Waals surface area contributed by atoms with Crippen LogP contribution in [0.2, 0.25) is 0 Å². The van der Waals surface area contributed by atoms with E-state index >= 15 is 0 Å². The molecule has 1 atom stereocenters. The Morgan fingerprint density at radius 1 is 1.10 bits per heavy atom. The van der Waals surface area contributed by atoms with Crippen molar-refractivity contribution in [1.82, 2.24) is 10.3 Å². The number of pyridine rings is 1. The molecule has 1 amide bonds. The number of nitrogens with one attached hydrogen (secondary N) is 2. The number of hydrogen-bond donors (Lipinski definition) is 2. The minimum Gasteiger partial charge on any atom is -0.333 e. The van der Waals surface area contributed by atoms with Gasteiger partial charge in [-0.05, 0) is 30.0 Å². The standard InChI is InChI=1S/C22H19Cl3N4OS/c1-31-21(27-17-11-5-9-16-10-6-14-26-19(16)17)29-20(22(23,24)25)28-18(30)13-12-15-7-3-2-4-8-15/h2-14,20H,1H3,(H,27,29)(H,28,30)/b13-12+. The highest BCUT2D eigenvalue weighted by atomic mass is 35.6. The number of amidine groups is 1. The van der Waals surface area contributed by atoms with Gasteiger partial charge in [0.15, 0.2) is 11.3 Å². The number of anilines is 1. The second-order valence-electron chi connectivity index (χ2n) is 6.34. The molecule has 31 heavy (non-hydrogen) atoms. The normalized spacial score (nSPS) is 13.4. The number of nitrogens with zero attached hydrogens (tertiary/aromatic N) is 2. The molecule has 160 valence electrons. The van der Waals surface area contributed by atoms with Crippen LogP contribution >= 0.6 is 46.6 Å².